The third kappa shape index (κ3) is 4.13. The molecule has 1 saturated heterocycles. The highest BCUT2D eigenvalue weighted by Gasteiger charge is 2.24. The first-order chi connectivity index (χ1) is 10.7. The van der Waals surface area contributed by atoms with Crippen LogP contribution in [-0.4, -0.2) is 30.0 Å². The van der Waals surface area contributed by atoms with Gasteiger partial charge in [0.2, 0.25) is 5.91 Å². The van der Waals surface area contributed by atoms with Crippen molar-refractivity contribution >= 4 is 23.3 Å². The lowest BCUT2D eigenvalue weighted by atomic mass is 9.93. The van der Waals surface area contributed by atoms with E-state index in [2.05, 4.69) is 15.2 Å². The van der Waals surface area contributed by atoms with Crippen LogP contribution in [0.25, 0.3) is 0 Å². The van der Waals surface area contributed by atoms with E-state index in [1.165, 1.54) is 12.8 Å². The molecular formula is C17H24ClN3O. The van der Waals surface area contributed by atoms with E-state index in [1.54, 1.807) is 6.20 Å². The van der Waals surface area contributed by atoms with Gasteiger partial charge in [-0.15, -0.1) is 0 Å². The Kier molecular flexibility index (Phi) is 5.19. The molecule has 1 aliphatic heterocycles. The fourth-order valence-electron chi connectivity index (χ4n) is 3.54. The van der Waals surface area contributed by atoms with Crippen molar-refractivity contribution in [2.75, 3.05) is 18.0 Å². The normalized spacial score (nSPS) is 20.3. The van der Waals surface area contributed by atoms with Crippen molar-refractivity contribution in [1.29, 1.82) is 0 Å². The Labute approximate surface area is 137 Å². The molecule has 1 aromatic rings. The Morgan fingerprint density at radius 1 is 1.23 bits per heavy atom. The lowest BCUT2D eigenvalue weighted by Crippen LogP contribution is -2.38. The molecule has 1 aliphatic carbocycles. The van der Waals surface area contributed by atoms with Crippen molar-refractivity contribution in [2.45, 2.75) is 51.0 Å². The van der Waals surface area contributed by atoms with Crippen LogP contribution in [0.15, 0.2) is 18.3 Å². The molecule has 22 heavy (non-hydrogen) atoms. The average molecular weight is 322 g/mol. The minimum Gasteiger partial charge on any atom is -0.357 e. The summed E-state index contributed by atoms with van der Waals surface area (Å²) < 4.78 is 0. The number of hydrogen-bond acceptors (Lipinski definition) is 3. The number of amides is 1. The zero-order valence-electron chi connectivity index (χ0n) is 12.9. The van der Waals surface area contributed by atoms with Crippen molar-refractivity contribution in [1.82, 2.24) is 10.3 Å². The van der Waals surface area contributed by atoms with Crippen LogP contribution < -0.4 is 10.2 Å². The summed E-state index contributed by atoms with van der Waals surface area (Å²) in [5, 5.41) is 3.86. The summed E-state index contributed by atoms with van der Waals surface area (Å²) in [4.78, 5) is 18.8. The molecule has 0 radical (unpaired) electrons. The summed E-state index contributed by atoms with van der Waals surface area (Å²) >= 11 is 5.88. The van der Waals surface area contributed by atoms with Crippen LogP contribution in [0, 0.1) is 5.92 Å². The minimum absolute atomic E-state index is 0.245. The fraction of sp³-hybridized carbons (Fsp3) is 0.647. The Hall–Kier alpha value is -1.29. The highest BCUT2D eigenvalue weighted by atomic mass is 35.5. The van der Waals surface area contributed by atoms with E-state index in [0.29, 0.717) is 23.4 Å². The van der Waals surface area contributed by atoms with Gasteiger partial charge in [0.15, 0.2) is 0 Å². The van der Waals surface area contributed by atoms with Crippen LogP contribution >= 0.6 is 11.6 Å². The molecule has 3 rings (SSSR count). The number of anilines is 1. The first-order valence-corrected chi connectivity index (χ1v) is 8.74. The van der Waals surface area contributed by atoms with Crippen molar-refractivity contribution in [2.24, 2.45) is 5.92 Å². The number of piperidine rings is 1. The van der Waals surface area contributed by atoms with Crippen molar-refractivity contribution in [3.05, 3.63) is 23.4 Å². The van der Waals surface area contributed by atoms with Gasteiger partial charge < -0.3 is 10.2 Å². The molecule has 2 aliphatic rings. The Balaban J connectivity index is 1.43. The predicted octanol–water partition coefficient (Wildman–Crippen LogP) is 3.40. The Morgan fingerprint density at radius 2 is 1.95 bits per heavy atom. The van der Waals surface area contributed by atoms with Gasteiger partial charge in [-0.1, -0.05) is 24.4 Å². The number of carbonyl (C=O) groups excluding carboxylic acids is 1. The van der Waals surface area contributed by atoms with Crippen molar-refractivity contribution in [3.8, 4) is 0 Å². The molecule has 120 valence electrons. The topological polar surface area (TPSA) is 45.2 Å². The smallest absolute Gasteiger partial charge is 0.220 e. The molecule has 1 amide bonds. The fourth-order valence-corrected chi connectivity index (χ4v) is 3.65. The van der Waals surface area contributed by atoms with E-state index in [-0.39, 0.29) is 5.91 Å². The number of halogens is 1. The summed E-state index contributed by atoms with van der Waals surface area (Å²) in [6.07, 6.45) is 9.33. The molecular weight excluding hydrogens is 298 g/mol. The number of nitrogens with one attached hydrogen (secondary N) is 1. The summed E-state index contributed by atoms with van der Waals surface area (Å²) in [7, 11) is 0. The minimum atomic E-state index is 0.245. The van der Waals surface area contributed by atoms with Crippen LogP contribution in [-0.2, 0) is 4.79 Å². The SMILES string of the molecule is O=C(CC1CCN(c2ccc(Cl)cn2)CC1)NC1CCCC1. The van der Waals surface area contributed by atoms with Gasteiger partial charge in [0, 0.05) is 31.7 Å². The van der Waals surface area contributed by atoms with E-state index in [0.717, 1.165) is 44.6 Å². The molecule has 0 unspecified atom stereocenters. The molecule has 0 spiro atoms. The third-order valence-corrected chi connectivity index (χ3v) is 5.07. The average Bonchev–Trinajstić information content (AvgIpc) is 3.02. The zero-order chi connectivity index (χ0) is 15.4. The molecule has 0 atom stereocenters. The Bertz CT molecular complexity index is 491. The maximum atomic E-state index is 12.1. The zero-order valence-corrected chi connectivity index (χ0v) is 13.7. The molecule has 0 bridgehead atoms. The van der Waals surface area contributed by atoms with Gasteiger partial charge in [-0.3, -0.25) is 4.79 Å². The lowest BCUT2D eigenvalue weighted by molar-refractivity contribution is -0.122. The van der Waals surface area contributed by atoms with Gasteiger partial charge in [0.25, 0.3) is 0 Å². The summed E-state index contributed by atoms with van der Waals surface area (Å²) in [5.41, 5.74) is 0. The molecule has 4 nitrogen and oxygen atoms in total. The summed E-state index contributed by atoms with van der Waals surface area (Å²) in [5.74, 6) is 1.73. The van der Waals surface area contributed by atoms with Crippen molar-refractivity contribution < 1.29 is 4.79 Å². The second-order valence-electron chi connectivity index (χ2n) is 6.52. The molecule has 2 heterocycles. The summed E-state index contributed by atoms with van der Waals surface area (Å²) in [6, 6.07) is 4.28. The van der Waals surface area contributed by atoms with E-state index in [4.69, 9.17) is 11.6 Å². The number of aromatic nitrogens is 1. The maximum Gasteiger partial charge on any atom is 0.220 e. The van der Waals surface area contributed by atoms with Crippen LogP contribution in [0.2, 0.25) is 5.02 Å². The van der Waals surface area contributed by atoms with Crippen LogP contribution in [0.3, 0.4) is 0 Å². The second-order valence-corrected chi connectivity index (χ2v) is 6.95. The van der Waals surface area contributed by atoms with Crippen molar-refractivity contribution in [3.63, 3.8) is 0 Å². The molecule has 0 aromatic carbocycles. The van der Waals surface area contributed by atoms with E-state index in [9.17, 15) is 4.79 Å². The number of pyridine rings is 1. The number of carbonyl (C=O) groups is 1. The summed E-state index contributed by atoms with van der Waals surface area (Å²) in [6.45, 7) is 1.94. The quantitative estimate of drug-likeness (QED) is 0.924. The van der Waals surface area contributed by atoms with Crippen LogP contribution in [0.1, 0.15) is 44.9 Å². The number of nitrogens with zero attached hydrogens (tertiary/aromatic N) is 2. The van der Waals surface area contributed by atoms with E-state index >= 15 is 0 Å². The third-order valence-electron chi connectivity index (χ3n) is 4.84. The molecule has 2 fully saturated rings. The molecule has 1 aromatic heterocycles. The van der Waals surface area contributed by atoms with Gasteiger partial charge in [-0.05, 0) is 43.7 Å². The molecule has 1 saturated carbocycles. The van der Waals surface area contributed by atoms with Crippen LogP contribution in [0.4, 0.5) is 5.82 Å². The lowest BCUT2D eigenvalue weighted by Gasteiger charge is -2.32. The highest BCUT2D eigenvalue weighted by Crippen LogP contribution is 2.25. The monoisotopic (exact) mass is 321 g/mol. The molecule has 5 heteroatoms. The van der Waals surface area contributed by atoms with Crippen LogP contribution in [0.5, 0.6) is 0 Å². The van der Waals surface area contributed by atoms with E-state index < -0.39 is 0 Å². The largest absolute Gasteiger partial charge is 0.357 e. The second kappa shape index (κ2) is 7.32. The predicted molar refractivity (Wildman–Crippen MR) is 89.2 cm³/mol. The Morgan fingerprint density at radius 3 is 2.59 bits per heavy atom. The van der Waals surface area contributed by atoms with Gasteiger partial charge in [0.05, 0.1) is 5.02 Å². The first-order valence-electron chi connectivity index (χ1n) is 8.36. The number of hydrogen-bond donors (Lipinski definition) is 1. The van der Waals surface area contributed by atoms with E-state index in [1.807, 2.05) is 12.1 Å². The van der Waals surface area contributed by atoms with Gasteiger partial charge >= 0.3 is 0 Å². The van der Waals surface area contributed by atoms with Gasteiger partial charge in [-0.25, -0.2) is 4.98 Å². The molecule has 1 N–H and O–H groups in total. The highest BCUT2D eigenvalue weighted by molar-refractivity contribution is 6.30. The van der Waals surface area contributed by atoms with Gasteiger partial charge in [-0.2, -0.15) is 0 Å². The van der Waals surface area contributed by atoms with Gasteiger partial charge in [0.1, 0.15) is 5.82 Å². The standard InChI is InChI=1S/C17H24ClN3O/c18-14-5-6-16(19-12-14)21-9-7-13(8-10-21)11-17(22)20-15-3-1-2-4-15/h5-6,12-13,15H,1-4,7-11H2,(H,20,22). The first kappa shape index (κ1) is 15.6. The maximum absolute atomic E-state index is 12.1. The number of rotatable bonds is 4.